The number of aromatic nitrogens is 1. The maximum atomic E-state index is 11.7. The number of anilines is 1. The van der Waals surface area contributed by atoms with E-state index in [2.05, 4.69) is 15.0 Å². The maximum absolute atomic E-state index is 11.7. The lowest BCUT2D eigenvalue weighted by molar-refractivity contribution is -0.384. The van der Waals surface area contributed by atoms with Crippen molar-refractivity contribution in [3.8, 4) is 0 Å². The van der Waals surface area contributed by atoms with E-state index >= 15 is 0 Å². The fourth-order valence-corrected chi connectivity index (χ4v) is 2.63. The first-order valence-electron chi connectivity index (χ1n) is 6.63. The summed E-state index contributed by atoms with van der Waals surface area (Å²) in [5.74, 6) is 1.06. The molecule has 1 aromatic heterocycles. The molecule has 0 radical (unpaired) electrons. The van der Waals surface area contributed by atoms with Crippen LogP contribution in [-0.2, 0) is 16.6 Å². The number of hydrogen-bond donors (Lipinski definition) is 2. The van der Waals surface area contributed by atoms with Gasteiger partial charge < -0.3 is 9.73 Å². The van der Waals surface area contributed by atoms with Crippen LogP contribution in [0, 0.1) is 24.0 Å². The fraction of sp³-hybridized carbons (Fsp3) is 0.308. The number of aryl methyl sites for hydroxylation is 2. The molecule has 0 saturated heterocycles. The smallest absolute Gasteiger partial charge is 0.293 e. The summed E-state index contributed by atoms with van der Waals surface area (Å²) in [7, 11) is -2.52. The highest BCUT2D eigenvalue weighted by Gasteiger charge is 2.20. The molecule has 0 aliphatic heterocycles. The summed E-state index contributed by atoms with van der Waals surface area (Å²) >= 11 is 0. The van der Waals surface area contributed by atoms with E-state index in [-0.39, 0.29) is 22.8 Å². The topological polar surface area (TPSA) is 127 Å². The fourth-order valence-electron chi connectivity index (χ4n) is 1.88. The Morgan fingerprint density at radius 3 is 2.57 bits per heavy atom. The van der Waals surface area contributed by atoms with E-state index in [4.69, 9.17) is 4.42 Å². The van der Waals surface area contributed by atoms with E-state index in [0.717, 1.165) is 11.8 Å². The average molecular weight is 340 g/mol. The molecule has 0 atom stereocenters. The molecule has 0 amide bonds. The van der Waals surface area contributed by atoms with Crippen LogP contribution >= 0.6 is 0 Å². The lowest BCUT2D eigenvalue weighted by Crippen LogP contribution is -2.18. The third-order valence-corrected chi connectivity index (χ3v) is 4.66. The van der Waals surface area contributed by atoms with E-state index in [0.29, 0.717) is 11.7 Å². The molecule has 0 unspecified atom stereocenters. The Kier molecular flexibility index (Phi) is 4.66. The van der Waals surface area contributed by atoms with Crippen molar-refractivity contribution in [3.05, 3.63) is 45.7 Å². The quantitative estimate of drug-likeness (QED) is 0.605. The first-order chi connectivity index (χ1) is 10.7. The summed E-state index contributed by atoms with van der Waals surface area (Å²) in [5, 5.41) is 14.0. The molecule has 23 heavy (non-hydrogen) atoms. The van der Waals surface area contributed by atoms with Crippen molar-refractivity contribution in [1.82, 2.24) is 9.71 Å². The lowest BCUT2D eigenvalue weighted by atomic mass is 10.2. The van der Waals surface area contributed by atoms with Crippen LogP contribution in [0.1, 0.15) is 17.3 Å². The van der Waals surface area contributed by atoms with Gasteiger partial charge in [-0.1, -0.05) is 0 Å². The van der Waals surface area contributed by atoms with Crippen LogP contribution in [0.2, 0.25) is 0 Å². The van der Waals surface area contributed by atoms with Crippen LogP contribution < -0.4 is 10.0 Å². The number of rotatable bonds is 6. The number of nitro groups is 1. The Bertz CT molecular complexity index is 825. The Morgan fingerprint density at radius 2 is 2.04 bits per heavy atom. The lowest BCUT2D eigenvalue weighted by Gasteiger charge is -2.07. The molecule has 0 saturated carbocycles. The zero-order chi connectivity index (χ0) is 17.2. The first-order valence-corrected chi connectivity index (χ1v) is 8.11. The molecule has 0 aliphatic rings. The van der Waals surface area contributed by atoms with Crippen LogP contribution in [0.3, 0.4) is 0 Å². The van der Waals surface area contributed by atoms with Crippen molar-refractivity contribution in [2.24, 2.45) is 0 Å². The summed E-state index contributed by atoms with van der Waals surface area (Å²) in [6.45, 7) is 3.71. The third kappa shape index (κ3) is 3.66. The number of nitro benzene ring substituents is 1. The van der Waals surface area contributed by atoms with Gasteiger partial charge in [-0.05, 0) is 33.0 Å². The minimum absolute atomic E-state index is 0.146. The van der Waals surface area contributed by atoms with E-state index in [9.17, 15) is 18.5 Å². The van der Waals surface area contributed by atoms with Gasteiger partial charge in [0.15, 0.2) is 0 Å². The highest BCUT2D eigenvalue weighted by molar-refractivity contribution is 7.89. The molecule has 2 N–H and O–H groups in total. The first kappa shape index (κ1) is 16.9. The number of nitrogens with one attached hydrogen (secondary N) is 2. The number of benzene rings is 1. The molecule has 10 heteroatoms. The van der Waals surface area contributed by atoms with Crippen molar-refractivity contribution in [1.29, 1.82) is 0 Å². The molecule has 2 rings (SSSR count). The Labute approximate surface area is 132 Å². The Balaban J connectivity index is 2.29. The summed E-state index contributed by atoms with van der Waals surface area (Å²) in [6.07, 6.45) is 0. The van der Waals surface area contributed by atoms with E-state index in [1.54, 1.807) is 13.8 Å². The second kappa shape index (κ2) is 6.34. The zero-order valence-corrected chi connectivity index (χ0v) is 13.6. The molecule has 0 bridgehead atoms. The van der Waals surface area contributed by atoms with E-state index in [1.807, 2.05) is 0 Å². The maximum Gasteiger partial charge on any atom is 0.293 e. The monoisotopic (exact) mass is 340 g/mol. The highest BCUT2D eigenvalue weighted by atomic mass is 32.2. The second-order valence-electron chi connectivity index (χ2n) is 4.75. The second-order valence-corrected chi connectivity index (χ2v) is 6.63. The minimum atomic E-state index is -3.75. The molecule has 124 valence electrons. The van der Waals surface area contributed by atoms with Gasteiger partial charge in [-0.25, -0.2) is 18.1 Å². The zero-order valence-electron chi connectivity index (χ0n) is 12.8. The van der Waals surface area contributed by atoms with E-state index < -0.39 is 14.9 Å². The van der Waals surface area contributed by atoms with Crippen LogP contribution in [-0.4, -0.2) is 25.4 Å². The van der Waals surface area contributed by atoms with Gasteiger partial charge in [0, 0.05) is 6.07 Å². The number of nitrogens with zero attached hydrogens (tertiary/aromatic N) is 2. The Morgan fingerprint density at radius 1 is 1.35 bits per heavy atom. The van der Waals surface area contributed by atoms with Crippen molar-refractivity contribution < 1.29 is 17.8 Å². The van der Waals surface area contributed by atoms with Crippen molar-refractivity contribution in [2.45, 2.75) is 25.3 Å². The number of hydrogen-bond acceptors (Lipinski definition) is 7. The van der Waals surface area contributed by atoms with Crippen LogP contribution in [0.25, 0.3) is 0 Å². The summed E-state index contributed by atoms with van der Waals surface area (Å²) in [5.41, 5.74) is 0.576. The molecule has 1 heterocycles. The third-order valence-electron chi connectivity index (χ3n) is 3.25. The largest absolute Gasteiger partial charge is 0.444 e. The molecular weight excluding hydrogens is 324 g/mol. The van der Waals surface area contributed by atoms with Gasteiger partial charge in [0.2, 0.25) is 15.9 Å². The predicted octanol–water partition coefficient (Wildman–Crippen LogP) is 1.72. The van der Waals surface area contributed by atoms with Crippen LogP contribution in [0.15, 0.2) is 27.5 Å². The molecule has 9 nitrogen and oxygen atoms in total. The normalized spacial score (nSPS) is 11.4. The average Bonchev–Trinajstić information content (AvgIpc) is 2.83. The minimum Gasteiger partial charge on any atom is -0.444 e. The van der Waals surface area contributed by atoms with Gasteiger partial charge in [0.25, 0.3) is 5.69 Å². The van der Waals surface area contributed by atoms with Crippen molar-refractivity contribution in [2.75, 3.05) is 12.4 Å². The summed E-state index contributed by atoms with van der Waals surface area (Å²) < 4.78 is 31.0. The molecule has 2 aromatic rings. The van der Waals surface area contributed by atoms with Gasteiger partial charge in [-0.2, -0.15) is 0 Å². The number of oxazole rings is 1. The van der Waals surface area contributed by atoms with Crippen LogP contribution in [0.5, 0.6) is 0 Å². The molecule has 1 aromatic carbocycles. The SMILES string of the molecule is CNS(=O)(=O)c1ccc(NCc2nc(C)c(C)o2)c([N+](=O)[O-])c1. The standard InChI is InChI=1S/C13H16N4O5S/c1-8-9(2)22-13(16-8)7-15-11-5-4-10(23(20,21)14-3)6-12(11)17(18)19/h4-6,14-15H,7H2,1-3H3. The molecule has 0 fully saturated rings. The summed E-state index contributed by atoms with van der Waals surface area (Å²) in [4.78, 5) is 14.5. The van der Waals surface area contributed by atoms with Crippen molar-refractivity contribution >= 4 is 21.4 Å². The van der Waals surface area contributed by atoms with E-state index in [1.165, 1.54) is 19.2 Å². The highest BCUT2D eigenvalue weighted by Crippen LogP contribution is 2.28. The van der Waals surface area contributed by atoms with Crippen LogP contribution in [0.4, 0.5) is 11.4 Å². The Hall–Kier alpha value is -2.46. The molecule has 0 aliphatic carbocycles. The summed E-state index contributed by atoms with van der Waals surface area (Å²) in [6, 6.07) is 3.62. The predicted molar refractivity (Wildman–Crippen MR) is 82.6 cm³/mol. The molecular formula is C13H16N4O5S. The van der Waals surface area contributed by atoms with Gasteiger partial charge in [-0.15, -0.1) is 0 Å². The van der Waals surface area contributed by atoms with Crippen molar-refractivity contribution in [3.63, 3.8) is 0 Å². The van der Waals surface area contributed by atoms with Gasteiger partial charge in [-0.3, -0.25) is 10.1 Å². The van der Waals surface area contributed by atoms with Gasteiger partial charge >= 0.3 is 0 Å². The van der Waals surface area contributed by atoms with Gasteiger partial charge in [0.05, 0.1) is 22.1 Å². The van der Waals surface area contributed by atoms with Gasteiger partial charge in [0.1, 0.15) is 11.4 Å². The number of sulfonamides is 1. The molecule has 0 spiro atoms.